The normalized spacial score (nSPS) is 11.8. The van der Waals surface area contributed by atoms with Crippen molar-refractivity contribution in [3.8, 4) is 11.5 Å². The molecule has 0 bridgehead atoms. The third-order valence-electron chi connectivity index (χ3n) is 5.21. The summed E-state index contributed by atoms with van der Waals surface area (Å²) in [5, 5.41) is 4.76. The molecule has 3 aromatic carbocycles. The largest absolute Gasteiger partial charge is 0.493 e. The third kappa shape index (κ3) is 4.67. The van der Waals surface area contributed by atoms with Crippen LogP contribution in [-0.4, -0.2) is 31.2 Å². The second kappa shape index (κ2) is 9.58. The van der Waals surface area contributed by atoms with Gasteiger partial charge < -0.3 is 19.8 Å². The number of carbonyl (C=O) groups excluding carboxylic acids is 1. The fourth-order valence-corrected chi connectivity index (χ4v) is 3.94. The first kappa shape index (κ1) is 20.8. The van der Waals surface area contributed by atoms with Crippen molar-refractivity contribution in [2.24, 2.45) is 0 Å². The number of hydrogen-bond donors (Lipinski definition) is 2. The lowest BCUT2D eigenvalue weighted by atomic mass is 9.91. The van der Waals surface area contributed by atoms with E-state index >= 15 is 0 Å². The monoisotopic (exact) mass is 434 g/mol. The van der Waals surface area contributed by atoms with Gasteiger partial charge in [0.1, 0.15) is 0 Å². The van der Waals surface area contributed by atoms with E-state index in [1.54, 1.807) is 19.2 Å². The predicted octanol–water partition coefficient (Wildman–Crippen LogP) is 5.16. The van der Waals surface area contributed by atoms with E-state index in [1.807, 2.05) is 60.8 Å². The van der Waals surface area contributed by atoms with E-state index in [0.29, 0.717) is 23.1 Å². The number of para-hydroxylation sites is 3. The SMILES string of the molecule is COc1ccccc1OCC(=O)NCC(c1ccccc1Cl)c1c[nH]c2ccccc12. The van der Waals surface area contributed by atoms with Gasteiger partial charge in [0, 0.05) is 34.6 Å². The van der Waals surface area contributed by atoms with Crippen molar-refractivity contribution in [2.75, 3.05) is 20.3 Å². The quantitative estimate of drug-likeness (QED) is 0.402. The molecule has 2 N–H and O–H groups in total. The Kier molecular flexibility index (Phi) is 6.43. The fourth-order valence-electron chi connectivity index (χ4n) is 3.68. The first-order valence-corrected chi connectivity index (χ1v) is 10.4. The lowest BCUT2D eigenvalue weighted by molar-refractivity contribution is -0.123. The molecule has 0 radical (unpaired) electrons. The Balaban J connectivity index is 1.52. The first-order chi connectivity index (χ1) is 15.2. The van der Waals surface area contributed by atoms with Gasteiger partial charge >= 0.3 is 0 Å². The minimum absolute atomic E-state index is 0.108. The molecule has 0 spiro atoms. The van der Waals surface area contributed by atoms with E-state index in [-0.39, 0.29) is 18.4 Å². The summed E-state index contributed by atoms with van der Waals surface area (Å²) in [5.41, 5.74) is 3.08. The van der Waals surface area contributed by atoms with Crippen molar-refractivity contribution in [3.05, 3.63) is 95.1 Å². The van der Waals surface area contributed by atoms with Gasteiger partial charge in [-0.15, -0.1) is 0 Å². The molecule has 4 aromatic rings. The summed E-state index contributed by atoms with van der Waals surface area (Å²) in [6.45, 7) is 0.281. The van der Waals surface area contributed by atoms with E-state index in [9.17, 15) is 4.79 Å². The standard InChI is InChI=1S/C25H23ClN2O3/c1-30-23-12-6-7-13-24(23)31-16-25(29)28-15-19(17-8-2-4-10-21(17)26)20-14-27-22-11-5-3-9-18(20)22/h2-14,19,27H,15-16H2,1H3,(H,28,29). The van der Waals surface area contributed by atoms with Crippen molar-refractivity contribution < 1.29 is 14.3 Å². The topological polar surface area (TPSA) is 63.4 Å². The van der Waals surface area contributed by atoms with Crippen LogP contribution in [0, 0.1) is 0 Å². The number of benzene rings is 3. The Morgan fingerprint density at radius 1 is 0.968 bits per heavy atom. The highest BCUT2D eigenvalue weighted by atomic mass is 35.5. The Morgan fingerprint density at radius 2 is 1.68 bits per heavy atom. The summed E-state index contributed by atoms with van der Waals surface area (Å²) in [4.78, 5) is 15.9. The molecule has 1 atom stereocenters. The average molecular weight is 435 g/mol. The molecule has 1 amide bonds. The van der Waals surface area contributed by atoms with E-state index in [1.165, 1.54) is 0 Å². The highest BCUT2D eigenvalue weighted by Gasteiger charge is 2.21. The van der Waals surface area contributed by atoms with Crippen LogP contribution in [0.15, 0.2) is 79.0 Å². The summed E-state index contributed by atoms with van der Waals surface area (Å²) in [5.74, 6) is 0.783. The number of halogens is 1. The predicted molar refractivity (Wildman–Crippen MR) is 123 cm³/mol. The molecule has 0 aliphatic heterocycles. The summed E-state index contributed by atoms with van der Waals surface area (Å²) in [6.07, 6.45) is 1.98. The Labute approximate surface area is 186 Å². The number of methoxy groups -OCH3 is 1. The highest BCUT2D eigenvalue weighted by molar-refractivity contribution is 6.31. The number of fused-ring (bicyclic) bond motifs is 1. The summed E-state index contributed by atoms with van der Waals surface area (Å²) in [7, 11) is 1.57. The maximum absolute atomic E-state index is 12.6. The second-order valence-electron chi connectivity index (χ2n) is 7.11. The molecule has 0 aliphatic carbocycles. The van der Waals surface area contributed by atoms with E-state index < -0.39 is 0 Å². The van der Waals surface area contributed by atoms with Gasteiger partial charge in [-0.2, -0.15) is 0 Å². The molecule has 4 rings (SSSR count). The van der Waals surface area contributed by atoms with Crippen LogP contribution in [0.1, 0.15) is 17.0 Å². The lowest BCUT2D eigenvalue weighted by Gasteiger charge is -2.19. The number of ether oxygens (including phenoxy) is 2. The zero-order chi connectivity index (χ0) is 21.6. The molecular formula is C25H23ClN2O3. The maximum atomic E-state index is 12.6. The van der Waals surface area contributed by atoms with Crippen LogP contribution in [-0.2, 0) is 4.79 Å². The molecule has 0 saturated heterocycles. The average Bonchev–Trinajstić information content (AvgIpc) is 3.23. The zero-order valence-electron chi connectivity index (χ0n) is 17.1. The van der Waals surface area contributed by atoms with Crippen LogP contribution in [0.2, 0.25) is 5.02 Å². The van der Waals surface area contributed by atoms with Crippen LogP contribution in [0.5, 0.6) is 11.5 Å². The Hall–Kier alpha value is -3.44. The lowest BCUT2D eigenvalue weighted by Crippen LogP contribution is -2.33. The summed E-state index contributed by atoms with van der Waals surface area (Å²) >= 11 is 6.52. The van der Waals surface area contributed by atoms with Gasteiger partial charge in [-0.3, -0.25) is 4.79 Å². The van der Waals surface area contributed by atoms with Crippen molar-refractivity contribution in [1.29, 1.82) is 0 Å². The minimum atomic E-state index is -0.220. The number of aromatic nitrogens is 1. The molecule has 1 unspecified atom stereocenters. The summed E-state index contributed by atoms with van der Waals surface area (Å²) in [6, 6.07) is 23.0. The Morgan fingerprint density at radius 3 is 2.48 bits per heavy atom. The third-order valence-corrected chi connectivity index (χ3v) is 5.55. The van der Waals surface area contributed by atoms with E-state index in [4.69, 9.17) is 21.1 Å². The molecule has 0 fully saturated rings. The fraction of sp³-hybridized carbons (Fsp3) is 0.160. The number of rotatable bonds is 8. The Bertz CT molecular complexity index is 1190. The molecule has 31 heavy (non-hydrogen) atoms. The molecule has 158 valence electrons. The van der Waals surface area contributed by atoms with E-state index in [2.05, 4.69) is 16.4 Å². The van der Waals surface area contributed by atoms with Crippen LogP contribution in [0.25, 0.3) is 10.9 Å². The zero-order valence-corrected chi connectivity index (χ0v) is 17.9. The first-order valence-electron chi connectivity index (χ1n) is 10.0. The van der Waals surface area contributed by atoms with Crippen LogP contribution in [0.3, 0.4) is 0 Å². The molecule has 0 saturated carbocycles. The van der Waals surface area contributed by atoms with Gasteiger partial charge in [-0.1, -0.05) is 60.1 Å². The number of amides is 1. The molecule has 0 aliphatic rings. The molecule has 1 heterocycles. The molecule has 5 nitrogen and oxygen atoms in total. The van der Waals surface area contributed by atoms with Crippen molar-refractivity contribution in [1.82, 2.24) is 10.3 Å². The highest BCUT2D eigenvalue weighted by Crippen LogP contribution is 2.34. The van der Waals surface area contributed by atoms with Gasteiger partial charge in [-0.25, -0.2) is 0 Å². The van der Waals surface area contributed by atoms with E-state index in [0.717, 1.165) is 22.0 Å². The number of aromatic amines is 1. The summed E-state index contributed by atoms with van der Waals surface area (Å²) < 4.78 is 10.9. The van der Waals surface area contributed by atoms with Gasteiger partial charge in [0.15, 0.2) is 18.1 Å². The van der Waals surface area contributed by atoms with Gasteiger partial charge in [0.25, 0.3) is 5.91 Å². The van der Waals surface area contributed by atoms with Crippen molar-refractivity contribution >= 4 is 28.4 Å². The van der Waals surface area contributed by atoms with Crippen molar-refractivity contribution in [2.45, 2.75) is 5.92 Å². The van der Waals surface area contributed by atoms with Crippen LogP contribution >= 0.6 is 11.6 Å². The second-order valence-corrected chi connectivity index (χ2v) is 7.51. The van der Waals surface area contributed by atoms with Crippen molar-refractivity contribution in [3.63, 3.8) is 0 Å². The smallest absolute Gasteiger partial charge is 0.257 e. The number of nitrogens with one attached hydrogen (secondary N) is 2. The van der Waals surface area contributed by atoms with Gasteiger partial charge in [0.05, 0.1) is 7.11 Å². The van der Waals surface area contributed by atoms with Gasteiger partial charge in [-0.05, 0) is 35.4 Å². The number of H-pyrrole nitrogens is 1. The minimum Gasteiger partial charge on any atom is -0.493 e. The molecule has 1 aromatic heterocycles. The number of carbonyl (C=O) groups is 1. The maximum Gasteiger partial charge on any atom is 0.257 e. The van der Waals surface area contributed by atoms with Gasteiger partial charge in [0.2, 0.25) is 0 Å². The van der Waals surface area contributed by atoms with Crippen LogP contribution < -0.4 is 14.8 Å². The molecule has 6 heteroatoms. The number of hydrogen-bond acceptors (Lipinski definition) is 3. The van der Waals surface area contributed by atoms with Crippen LogP contribution in [0.4, 0.5) is 0 Å². The molecular weight excluding hydrogens is 412 g/mol.